The number of nitrogens with zero attached hydrogens (tertiary/aromatic N) is 1. The van der Waals surface area contributed by atoms with Gasteiger partial charge in [0, 0.05) is 31.4 Å². The molecule has 1 aliphatic heterocycles. The Hall–Kier alpha value is -3.18. The number of phenolic OH excluding ortho intramolecular Hbond substituents is 1. The van der Waals surface area contributed by atoms with E-state index in [1.54, 1.807) is 7.11 Å². The molecule has 0 radical (unpaired) electrons. The van der Waals surface area contributed by atoms with E-state index in [-0.39, 0.29) is 0 Å². The zero-order chi connectivity index (χ0) is 28.0. The van der Waals surface area contributed by atoms with Gasteiger partial charge < -0.3 is 19.9 Å². The van der Waals surface area contributed by atoms with Crippen molar-refractivity contribution >= 4 is 5.69 Å². The minimum absolute atomic E-state index is 0.364. The highest BCUT2D eigenvalue weighted by molar-refractivity contribution is 5.57. The number of ether oxygens (including phenoxy) is 2. The maximum absolute atomic E-state index is 9.85. The second-order valence-electron chi connectivity index (χ2n) is 12.4. The Balaban J connectivity index is 1.10. The fourth-order valence-corrected chi connectivity index (χ4v) is 6.47. The van der Waals surface area contributed by atoms with Crippen LogP contribution in [-0.4, -0.2) is 49.9 Å². The Morgan fingerprint density at radius 1 is 1.00 bits per heavy atom. The quantitative estimate of drug-likeness (QED) is 0.251. The molecule has 0 bridgehead atoms. The summed E-state index contributed by atoms with van der Waals surface area (Å²) >= 11 is 0. The van der Waals surface area contributed by atoms with E-state index >= 15 is 0 Å². The largest absolute Gasteiger partial charge is 0.508 e. The van der Waals surface area contributed by atoms with Gasteiger partial charge in [0.25, 0.3) is 0 Å². The molecule has 1 saturated heterocycles. The average Bonchev–Trinajstić information content (AvgIpc) is 2.95. The Morgan fingerprint density at radius 3 is 2.62 bits per heavy atom. The lowest BCUT2D eigenvalue weighted by Gasteiger charge is -2.37. The molecule has 1 unspecified atom stereocenters. The van der Waals surface area contributed by atoms with Crippen molar-refractivity contribution in [2.24, 2.45) is 5.41 Å². The van der Waals surface area contributed by atoms with Crippen molar-refractivity contribution in [2.45, 2.75) is 64.7 Å². The van der Waals surface area contributed by atoms with Crippen LogP contribution in [0.1, 0.15) is 67.7 Å². The minimum atomic E-state index is 0.364. The second-order valence-corrected chi connectivity index (χ2v) is 12.4. The van der Waals surface area contributed by atoms with Crippen LogP contribution < -0.4 is 14.8 Å². The fraction of sp³-hybridized carbons (Fsp3) is 0.486. The highest BCUT2D eigenvalue weighted by Crippen LogP contribution is 2.38. The Bertz CT molecular complexity index is 1250. The summed E-state index contributed by atoms with van der Waals surface area (Å²) in [5.41, 5.74) is 6.92. The molecule has 1 heterocycles. The molecular formula is C35H46N2O3. The Labute approximate surface area is 240 Å². The zero-order valence-corrected chi connectivity index (χ0v) is 24.5. The van der Waals surface area contributed by atoms with Gasteiger partial charge in [-0.3, -0.25) is 4.90 Å². The van der Waals surface area contributed by atoms with Crippen LogP contribution in [-0.2, 0) is 19.3 Å². The molecule has 5 heteroatoms. The number of aromatic hydroxyl groups is 1. The SMILES string of the molecule is COc1ccc(C2CCc3cc(O)ccc3C2)c(NCCCc2ccc(OCCN3CCCC(C)(C)C3)cc2)c1. The third-order valence-corrected chi connectivity index (χ3v) is 8.66. The van der Waals surface area contributed by atoms with E-state index in [0.717, 1.165) is 63.3 Å². The molecule has 214 valence electrons. The van der Waals surface area contributed by atoms with Crippen LogP contribution in [0.4, 0.5) is 5.69 Å². The van der Waals surface area contributed by atoms with Crippen molar-refractivity contribution in [3.8, 4) is 17.2 Å². The highest BCUT2D eigenvalue weighted by Gasteiger charge is 2.26. The summed E-state index contributed by atoms with van der Waals surface area (Å²) in [6, 6.07) is 20.9. The fourth-order valence-electron chi connectivity index (χ4n) is 6.47. The summed E-state index contributed by atoms with van der Waals surface area (Å²) < 4.78 is 11.6. The molecule has 0 amide bonds. The lowest BCUT2D eigenvalue weighted by molar-refractivity contribution is 0.102. The Kier molecular flexibility index (Phi) is 9.21. The number of hydrogen-bond acceptors (Lipinski definition) is 5. The van der Waals surface area contributed by atoms with Gasteiger partial charge in [-0.1, -0.05) is 38.1 Å². The molecule has 0 aromatic heterocycles. The minimum Gasteiger partial charge on any atom is -0.508 e. The van der Waals surface area contributed by atoms with E-state index in [2.05, 4.69) is 72.6 Å². The third kappa shape index (κ3) is 7.51. The van der Waals surface area contributed by atoms with Gasteiger partial charge in [-0.25, -0.2) is 0 Å². The number of hydrogen-bond donors (Lipinski definition) is 2. The first-order valence-corrected chi connectivity index (χ1v) is 15.1. The third-order valence-electron chi connectivity index (χ3n) is 8.66. The highest BCUT2D eigenvalue weighted by atomic mass is 16.5. The van der Waals surface area contributed by atoms with Crippen LogP contribution in [0, 0.1) is 5.41 Å². The van der Waals surface area contributed by atoms with Gasteiger partial charge >= 0.3 is 0 Å². The predicted molar refractivity (Wildman–Crippen MR) is 164 cm³/mol. The number of aryl methyl sites for hydroxylation is 2. The number of piperidine rings is 1. The van der Waals surface area contributed by atoms with E-state index in [0.29, 0.717) is 17.1 Å². The smallest absolute Gasteiger partial charge is 0.120 e. The number of fused-ring (bicyclic) bond motifs is 1. The van der Waals surface area contributed by atoms with E-state index in [4.69, 9.17) is 9.47 Å². The van der Waals surface area contributed by atoms with Crippen LogP contribution in [0.2, 0.25) is 0 Å². The molecule has 5 rings (SSSR count). The molecule has 5 nitrogen and oxygen atoms in total. The molecule has 3 aromatic carbocycles. The van der Waals surface area contributed by atoms with Gasteiger partial charge in [0.15, 0.2) is 0 Å². The number of nitrogens with one attached hydrogen (secondary N) is 1. The van der Waals surface area contributed by atoms with Crippen LogP contribution in [0.3, 0.4) is 0 Å². The average molecular weight is 543 g/mol. The number of rotatable bonds is 11. The molecule has 1 fully saturated rings. The molecule has 1 aliphatic carbocycles. The van der Waals surface area contributed by atoms with E-state index < -0.39 is 0 Å². The van der Waals surface area contributed by atoms with Crippen LogP contribution in [0.15, 0.2) is 60.7 Å². The van der Waals surface area contributed by atoms with Crippen molar-refractivity contribution < 1.29 is 14.6 Å². The molecule has 0 spiro atoms. The van der Waals surface area contributed by atoms with Crippen molar-refractivity contribution in [3.63, 3.8) is 0 Å². The summed E-state index contributed by atoms with van der Waals surface area (Å²) in [4.78, 5) is 2.54. The van der Waals surface area contributed by atoms with Crippen LogP contribution in [0.5, 0.6) is 17.2 Å². The first-order chi connectivity index (χ1) is 19.4. The van der Waals surface area contributed by atoms with E-state index in [1.807, 2.05) is 12.1 Å². The topological polar surface area (TPSA) is 54.0 Å². The second kappa shape index (κ2) is 13.0. The zero-order valence-electron chi connectivity index (χ0n) is 24.5. The number of phenols is 1. The summed E-state index contributed by atoms with van der Waals surface area (Å²) in [5, 5.41) is 13.6. The van der Waals surface area contributed by atoms with Crippen LogP contribution >= 0.6 is 0 Å². The van der Waals surface area contributed by atoms with Gasteiger partial charge in [0.2, 0.25) is 0 Å². The normalized spacial score (nSPS) is 18.6. The molecule has 0 saturated carbocycles. The monoisotopic (exact) mass is 542 g/mol. The van der Waals surface area contributed by atoms with Gasteiger partial charge in [-0.15, -0.1) is 0 Å². The molecule has 2 N–H and O–H groups in total. The van der Waals surface area contributed by atoms with Crippen LogP contribution in [0.25, 0.3) is 0 Å². The van der Waals surface area contributed by atoms with Crippen molar-refractivity contribution in [1.29, 1.82) is 0 Å². The Morgan fingerprint density at radius 2 is 1.82 bits per heavy atom. The standard InChI is InChI=1S/C35H46N2O3/c1-35(2)17-5-19-37(25-35)20-21-40-31-13-7-26(8-14-31)6-4-18-36-34-24-32(39-3)15-16-33(34)29-10-9-28-23-30(38)12-11-27(28)22-29/h7-8,11-16,23-24,29,36,38H,4-6,9-10,17-22,25H2,1-3H3. The van der Waals surface area contributed by atoms with Crippen molar-refractivity contribution in [1.82, 2.24) is 4.90 Å². The first kappa shape index (κ1) is 28.4. The van der Waals surface area contributed by atoms with Crippen molar-refractivity contribution in [2.75, 3.05) is 45.2 Å². The van der Waals surface area contributed by atoms with Gasteiger partial charge in [-0.2, -0.15) is 0 Å². The summed E-state index contributed by atoms with van der Waals surface area (Å²) in [7, 11) is 1.73. The van der Waals surface area contributed by atoms with E-state index in [9.17, 15) is 5.11 Å². The molecule has 3 aromatic rings. The molecular weight excluding hydrogens is 496 g/mol. The van der Waals surface area contributed by atoms with Gasteiger partial charge in [-0.05, 0) is 115 Å². The summed E-state index contributed by atoms with van der Waals surface area (Å²) in [6.45, 7) is 9.75. The van der Waals surface area contributed by atoms with E-state index in [1.165, 1.54) is 53.9 Å². The maximum Gasteiger partial charge on any atom is 0.120 e. The van der Waals surface area contributed by atoms with Gasteiger partial charge in [0.1, 0.15) is 23.9 Å². The summed E-state index contributed by atoms with van der Waals surface area (Å²) in [6.07, 6.45) is 7.77. The maximum atomic E-state index is 9.85. The number of anilines is 1. The number of benzene rings is 3. The summed E-state index contributed by atoms with van der Waals surface area (Å²) in [5.74, 6) is 2.66. The predicted octanol–water partition coefficient (Wildman–Crippen LogP) is 7.22. The number of likely N-dealkylation sites (tertiary alicyclic amines) is 1. The molecule has 1 atom stereocenters. The van der Waals surface area contributed by atoms with Gasteiger partial charge in [0.05, 0.1) is 7.11 Å². The lowest BCUT2D eigenvalue weighted by Crippen LogP contribution is -2.41. The molecule has 40 heavy (non-hydrogen) atoms. The van der Waals surface area contributed by atoms with Crippen molar-refractivity contribution in [3.05, 3.63) is 82.9 Å². The molecule has 2 aliphatic rings. The lowest BCUT2D eigenvalue weighted by atomic mass is 9.79. The number of methoxy groups -OCH3 is 1. The first-order valence-electron chi connectivity index (χ1n) is 15.1.